The van der Waals surface area contributed by atoms with Crippen molar-refractivity contribution in [3.8, 4) is 5.75 Å². The number of nitrogens with zero attached hydrogens (tertiary/aromatic N) is 2. The van der Waals surface area contributed by atoms with Gasteiger partial charge in [-0.2, -0.15) is 0 Å². The molecule has 0 spiro atoms. The number of aliphatic imine (C=N–C) groups is 1. The largest absolute Gasteiger partial charge is 0.491 e. The lowest BCUT2D eigenvalue weighted by Crippen LogP contribution is -2.36. The van der Waals surface area contributed by atoms with Crippen LogP contribution in [0.4, 0.5) is 5.69 Å². The van der Waals surface area contributed by atoms with Crippen LogP contribution in [0.3, 0.4) is 0 Å². The van der Waals surface area contributed by atoms with Gasteiger partial charge in [0, 0.05) is 38.0 Å². The first-order valence-corrected chi connectivity index (χ1v) is 11.1. The molecule has 1 aromatic rings. The molecule has 0 bridgehead atoms. The fourth-order valence-electron chi connectivity index (χ4n) is 2.98. The molecule has 0 saturated heterocycles. The third-order valence-corrected chi connectivity index (χ3v) is 5.01. The van der Waals surface area contributed by atoms with E-state index in [1.54, 1.807) is 7.11 Å². The van der Waals surface area contributed by atoms with E-state index in [1.165, 1.54) is 12.8 Å². The monoisotopic (exact) mass is 548 g/mol. The van der Waals surface area contributed by atoms with Crippen LogP contribution >= 0.6 is 24.0 Å². The Morgan fingerprint density at radius 1 is 1.13 bits per heavy atom. The van der Waals surface area contributed by atoms with Crippen LogP contribution in [0.5, 0.6) is 5.75 Å². The number of rotatable bonds is 14. The summed E-state index contributed by atoms with van der Waals surface area (Å²) in [6.45, 7) is 9.80. The first kappa shape index (κ1) is 27.9. The number of anilines is 1. The minimum atomic E-state index is 0. The van der Waals surface area contributed by atoms with E-state index in [0.717, 1.165) is 42.9 Å². The van der Waals surface area contributed by atoms with Crippen molar-refractivity contribution in [2.24, 2.45) is 4.99 Å². The van der Waals surface area contributed by atoms with Gasteiger partial charge < -0.3 is 24.8 Å². The summed E-state index contributed by atoms with van der Waals surface area (Å²) in [7, 11) is 3.88. The Labute approximate surface area is 205 Å². The van der Waals surface area contributed by atoms with Gasteiger partial charge in [-0.25, -0.2) is 0 Å². The van der Waals surface area contributed by atoms with Crippen molar-refractivity contribution in [3.05, 3.63) is 24.3 Å². The van der Waals surface area contributed by atoms with Gasteiger partial charge in [0.05, 0.1) is 25.9 Å². The second-order valence-electron chi connectivity index (χ2n) is 8.14. The standard InChI is InChI=1S/C23H40N4O3.HI/c1-18(2)30-22-11-7-20(8-12-22)26-23(24-13-6-14-29-16-15-28-5)25-17-19(3)27(4)21-9-10-21;/h7-8,11-12,18-19,21H,6,9-10,13-17H2,1-5H3,(H2,24,25,26);1H. The van der Waals surface area contributed by atoms with E-state index in [2.05, 4.69) is 29.5 Å². The summed E-state index contributed by atoms with van der Waals surface area (Å²) in [6, 6.07) is 9.14. The molecule has 1 aliphatic rings. The van der Waals surface area contributed by atoms with E-state index in [4.69, 9.17) is 19.2 Å². The van der Waals surface area contributed by atoms with Gasteiger partial charge in [-0.3, -0.25) is 9.89 Å². The van der Waals surface area contributed by atoms with E-state index in [1.807, 2.05) is 38.1 Å². The smallest absolute Gasteiger partial charge is 0.195 e. The zero-order valence-corrected chi connectivity index (χ0v) is 22.1. The van der Waals surface area contributed by atoms with Gasteiger partial charge in [0.25, 0.3) is 0 Å². The first-order chi connectivity index (χ1) is 14.5. The zero-order chi connectivity index (χ0) is 21.8. The third kappa shape index (κ3) is 11.9. The second kappa shape index (κ2) is 15.7. The highest BCUT2D eigenvalue weighted by Crippen LogP contribution is 2.26. The highest BCUT2D eigenvalue weighted by Gasteiger charge is 2.28. The van der Waals surface area contributed by atoms with Crippen LogP contribution in [0.25, 0.3) is 0 Å². The predicted molar refractivity (Wildman–Crippen MR) is 139 cm³/mol. The fraction of sp³-hybridized carbons (Fsp3) is 0.696. The second-order valence-corrected chi connectivity index (χ2v) is 8.14. The van der Waals surface area contributed by atoms with Crippen LogP contribution < -0.4 is 15.4 Å². The van der Waals surface area contributed by atoms with Crippen molar-refractivity contribution in [1.29, 1.82) is 0 Å². The lowest BCUT2D eigenvalue weighted by molar-refractivity contribution is 0.0699. The Bertz CT molecular complexity index is 624. The van der Waals surface area contributed by atoms with Crippen LogP contribution in [0, 0.1) is 0 Å². The van der Waals surface area contributed by atoms with E-state index in [-0.39, 0.29) is 30.1 Å². The Balaban J connectivity index is 0.00000480. The highest BCUT2D eigenvalue weighted by atomic mass is 127. The number of methoxy groups -OCH3 is 1. The Hall–Kier alpha value is -1.10. The predicted octanol–water partition coefficient (Wildman–Crippen LogP) is 3.99. The van der Waals surface area contributed by atoms with Crippen LogP contribution in [-0.2, 0) is 9.47 Å². The molecule has 1 atom stereocenters. The number of halogens is 1. The van der Waals surface area contributed by atoms with Gasteiger partial charge in [-0.15, -0.1) is 24.0 Å². The van der Waals surface area contributed by atoms with Crippen molar-refractivity contribution in [2.45, 2.75) is 58.2 Å². The van der Waals surface area contributed by atoms with Gasteiger partial charge in [-0.1, -0.05) is 0 Å². The Kier molecular flexibility index (Phi) is 14.1. The van der Waals surface area contributed by atoms with Gasteiger partial charge in [0.2, 0.25) is 0 Å². The molecule has 1 fully saturated rings. The average molecular weight is 549 g/mol. The maximum Gasteiger partial charge on any atom is 0.195 e. The molecule has 0 amide bonds. The third-order valence-electron chi connectivity index (χ3n) is 5.01. The zero-order valence-electron chi connectivity index (χ0n) is 19.7. The van der Waals surface area contributed by atoms with Crippen molar-refractivity contribution in [3.63, 3.8) is 0 Å². The normalized spacial score (nSPS) is 15.0. The average Bonchev–Trinajstić information content (AvgIpc) is 3.56. The van der Waals surface area contributed by atoms with E-state index < -0.39 is 0 Å². The summed E-state index contributed by atoms with van der Waals surface area (Å²) in [6.07, 6.45) is 3.69. The maximum absolute atomic E-state index is 5.73. The number of hydrogen-bond donors (Lipinski definition) is 2. The molecule has 8 heteroatoms. The van der Waals surface area contributed by atoms with Crippen LogP contribution in [0.2, 0.25) is 0 Å². The van der Waals surface area contributed by atoms with Gasteiger partial charge in [-0.05, 0) is 71.3 Å². The molecule has 2 N–H and O–H groups in total. The van der Waals surface area contributed by atoms with Gasteiger partial charge in [0.1, 0.15) is 5.75 Å². The molecule has 31 heavy (non-hydrogen) atoms. The summed E-state index contributed by atoms with van der Waals surface area (Å²) < 4.78 is 16.3. The fourth-order valence-corrected chi connectivity index (χ4v) is 2.98. The molecular weight excluding hydrogens is 507 g/mol. The number of ether oxygens (including phenoxy) is 3. The van der Waals surface area contributed by atoms with Crippen LogP contribution in [0.1, 0.15) is 40.0 Å². The summed E-state index contributed by atoms with van der Waals surface area (Å²) >= 11 is 0. The van der Waals surface area contributed by atoms with Crippen molar-refractivity contribution in [1.82, 2.24) is 10.2 Å². The number of likely N-dealkylation sites (N-methyl/N-ethyl adjacent to an activating group) is 1. The molecule has 1 unspecified atom stereocenters. The van der Waals surface area contributed by atoms with Crippen LogP contribution in [-0.4, -0.2) is 76.1 Å². The Morgan fingerprint density at radius 3 is 2.45 bits per heavy atom. The number of hydrogen-bond acceptors (Lipinski definition) is 5. The number of guanidine groups is 1. The molecule has 0 radical (unpaired) electrons. The van der Waals surface area contributed by atoms with Gasteiger partial charge >= 0.3 is 0 Å². The summed E-state index contributed by atoms with van der Waals surface area (Å²) in [5.41, 5.74) is 0.983. The van der Waals surface area contributed by atoms with Crippen molar-refractivity contribution >= 4 is 35.6 Å². The Morgan fingerprint density at radius 2 is 1.84 bits per heavy atom. The summed E-state index contributed by atoms with van der Waals surface area (Å²) in [4.78, 5) is 7.26. The molecule has 7 nitrogen and oxygen atoms in total. The molecular formula is C23H41IN4O3. The van der Waals surface area contributed by atoms with Crippen molar-refractivity contribution in [2.75, 3.05) is 52.4 Å². The molecule has 178 valence electrons. The minimum absolute atomic E-state index is 0. The van der Waals surface area contributed by atoms with Crippen LogP contribution in [0.15, 0.2) is 29.3 Å². The van der Waals surface area contributed by atoms with E-state index >= 15 is 0 Å². The molecule has 1 aliphatic carbocycles. The highest BCUT2D eigenvalue weighted by molar-refractivity contribution is 14.0. The molecule has 1 aromatic carbocycles. The molecule has 1 saturated carbocycles. The topological polar surface area (TPSA) is 67.4 Å². The van der Waals surface area contributed by atoms with E-state index in [0.29, 0.717) is 25.9 Å². The first-order valence-electron chi connectivity index (χ1n) is 11.1. The molecule has 0 heterocycles. The van der Waals surface area contributed by atoms with Crippen molar-refractivity contribution < 1.29 is 14.2 Å². The molecule has 0 aliphatic heterocycles. The lowest BCUT2D eigenvalue weighted by atomic mass is 10.3. The van der Waals surface area contributed by atoms with Gasteiger partial charge in [0.15, 0.2) is 5.96 Å². The summed E-state index contributed by atoms with van der Waals surface area (Å²) in [5, 5.41) is 6.84. The molecule has 2 rings (SSSR count). The van der Waals surface area contributed by atoms with E-state index in [9.17, 15) is 0 Å². The number of nitrogens with one attached hydrogen (secondary N) is 2. The maximum atomic E-state index is 5.73. The lowest BCUT2D eigenvalue weighted by Gasteiger charge is -2.23. The molecule has 0 aromatic heterocycles. The SMILES string of the molecule is COCCOCCCNC(=NCC(C)N(C)C1CC1)Nc1ccc(OC(C)C)cc1.I. The minimum Gasteiger partial charge on any atom is -0.491 e. The summed E-state index contributed by atoms with van der Waals surface area (Å²) in [5.74, 6) is 1.66. The quantitative estimate of drug-likeness (QED) is 0.159. The number of benzene rings is 1.